The number of nitrogens with one attached hydrogen (secondary N) is 1. The van der Waals surface area contributed by atoms with Crippen LogP contribution in [-0.2, 0) is 16.1 Å². The molecule has 1 aliphatic heterocycles. The number of hydrogen-bond acceptors (Lipinski definition) is 6. The van der Waals surface area contributed by atoms with Crippen LogP contribution >= 0.6 is 0 Å². The van der Waals surface area contributed by atoms with Gasteiger partial charge in [-0.2, -0.15) is 5.10 Å². The number of ether oxygens (including phenoxy) is 2. The molecule has 4 aromatic rings. The Morgan fingerprint density at radius 1 is 1.00 bits per heavy atom. The van der Waals surface area contributed by atoms with Crippen molar-refractivity contribution in [2.24, 2.45) is 0 Å². The number of aromatic amines is 1. The summed E-state index contributed by atoms with van der Waals surface area (Å²) in [7, 11) is 0. The molecule has 2 aromatic carbocycles. The second kappa shape index (κ2) is 11.0. The van der Waals surface area contributed by atoms with Gasteiger partial charge in [-0.15, -0.1) is 0 Å². The van der Waals surface area contributed by atoms with Gasteiger partial charge in [-0.3, -0.25) is 4.90 Å². The molecule has 202 valence electrons. The number of piperazine rings is 1. The van der Waals surface area contributed by atoms with E-state index in [0.29, 0.717) is 12.4 Å². The number of hydrogen-bond donors (Lipinski definition) is 1. The standard InChI is InChI=1S/C29H32N6O4/c1-29(2,3)39-27(36)33-16-17-34(28(37)38-20-21-8-5-4-6-9-21)25(19-33)26-30-18-24(32-26)22-10-12-23(13-11-22)35-15-7-14-31-35/h4-15,18,25H,16-17,19-20H2,1-3H3,(H,30,32). The number of H-pyrrole nitrogens is 1. The maximum Gasteiger partial charge on any atom is 0.410 e. The molecule has 0 spiro atoms. The molecule has 1 saturated heterocycles. The Hall–Kier alpha value is -4.60. The first-order valence-electron chi connectivity index (χ1n) is 12.9. The summed E-state index contributed by atoms with van der Waals surface area (Å²) in [6.45, 7) is 6.48. The summed E-state index contributed by atoms with van der Waals surface area (Å²) in [5.41, 5.74) is 2.94. The fourth-order valence-corrected chi connectivity index (χ4v) is 4.40. The van der Waals surface area contributed by atoms with Crippen LogP contribution in [0.5, 0.6) is 0 Å². The molecule has 1 atom stereocenters. The van der Waals surface area contributed by atoms with Gasteiger partial charge in [0.05, 0.1) is 24.1 Å². The van der Waals surface area contributed by atoms with Crippen LogP contribution in [0, 0.1) is 0 Å². The van der Waals surface area contributed by atoms with Crippen LogP contribution in [0.2, 0.25) is 0 Å². The predicted octanol–water partition coefficient (Wildman–Crippen LogP) is 5.19. The lowest BCUT2D eigenvalue weighted by Gasteiger charge is -2.40. The van der Waals surface area contributed by atoms with E-state index in [2.05, 4.69) is 15.1 Å². The fraction of sp³-hybridized carbons (Fsp3) is 0.310. The number of rotatable bonds is 5. The van der Waals surface area contributed by atoms with Crippen molar-refractivity contribution >= 4 is 12.2 Å². The monoisotopic (exact) mass is 528 g/mol. The molecular formula is C29H32N6O4. The fourth-order valence-electron chi connectivity index (χ4n) is 4.40. The highest BCUT2D eigenvalue weighted by molar-refractivity contribution is 5.71. The Kier molecular flexibility index (Phi) is 7.36. The molecule has 0 radical (unpaired) electrons. The Balaban J connectivity index is 1.36. The van der Waals surface area contributed by atoms with Crippen molar-refractivity contribution in [3.05, 3.63) is 90.6 Å². The Morgan fingerprint density at radius 2 is 1.77 bits per heavy atom. The summed E-state index contributed by atoms with van der Waals surface area (Å²) in [6.07, 6.45) is 4.46. The van der Waals surface area contributed by atoms with Gasteiger partial charge in [0.15, 0.2) is 0 Å². The minimum atomic E-state index is -0.626. The van der Waals surface area contributed by atoms with E-state index in [1.165, 1.54) is 0 Å². The van der Waals surface area contributed by atoms with Gasteiger partial charge in [0.25, 0.3) is 0 Å². The number of aromatic nitrogens is 4. The number of carbonyl (C=O) groups excluding carboxylic acids is 2. The van der Waals surface area contributed by atoms with E-state index < -0.39 is 23.8 Å². The molecule has 0 bridgehead atoms. The van der Waals surface area contributed by atoms with E-state index in [4.69, 9.17) is 9.47 Å². The average Bonchev–Trinajstić information content (AvgIpc) is 3.64. The van der Waals surface area contributed by atoms with Crippen LogP contribution in [0.15, 0.2) is 79.3 Å². The van der Waals surface area contributed by atoms with E-state index in [9.17, 15) is 9.59 Å². The lowest BCUT2D eigenvalue weighted by Crippen LogP contribution is -2.53. The molecule has 1 N–H and O–H groups in total. The van der Waals surface area contributed by atoms with Crippen molar-refractivity contribution in [1.82, 2.24) is 29.5 Å². The lowest BCUT2D eigenvalue weighted by molar-refractivity contribution is -0.000128. The molecule has 1 unspecified atom stereocenters. The Morgan fingerprint density at radius 3 is 2.46 bits per heavy atom. The van der Waals surface area contributed by atoms with Crippen molar-refractivity contribution in [3.8, 4) is 16.9 Å². The SMILES string of the molecule is CC(C)(C)OC(=O)N1CCN(C(=O)OCc2ccccc2)C(c2ncc(-c3ccc(-n4cccn4)cc3)[nH]2)C1. The molecule has 2 amide bonds. The van der Waals surface area contributed by atoms with Crippen LogP contribution in [-0.4, -0.2) is 67.0 Å². The van der Waals surface area contributed by atoms with Crippen molar-refractivity contribution in [2.75, 3.05) is 19.6 Å². The van der Waals surface area contributed by atoms with Gasteiger partial charge in [0.1, 0.15) is 24.1 Å². The molecule has 1 fully saturated rings. The number of benzene rings is 2. The lowest BCUT2D eigenvalue weighted by atomic mass is 10.1. The van der Waals surface area contributed by atoms with Gasteiger partial charge in [-0.25, -0.2) is 19.3 Å². The van der Waals surface area contributed by atoms with Crippen LogP contribution < -0.4 is 0 Å². The molecule has 3 heterocycles. The first kappa shape index (κ1) is 26.0. The summed E-state index contributed by atoms with van der Waals surface area (Å²) in [5.74, 6) is 0.561. The smallest absolute Gasteiger partial charge is 0.410 e. The van der Waals surface area contributed by atoms with Gasteiger partial charge < -0.3 is 19.4 Å². The van der Waals surface area contributed by atoms with Gasteiger partial charge in [0, 0.05) is 25.5 Å². The highest BCUT2D eigenvalue weighted by Gasteiger charge is 2.37. The van der Waals surface area contributed by atoms with Crippen LogP contribution in [0.3, 0.4) is 0 Å². The van der Waals surface area contributed by atoms with E-state index in [1.807, 2.05) is 87.6 Å². The van der Waals surface area contributed by atoms with E-state index >= 15 is 0 Å². The average molecular weight is 529 g/mol. The molecule has 5 rings (SSSR count). The van der Waals surface area contributed by atoms with Crippen molar-refractivity contribution in [3.63, 3.8) is 0 Å². The first-order valence-corrected chi connectivity index (χ1v) is 12.9. The second-order valence-corrected chi connectivity index (χ2v) is 10.4. The molecule has 10 nitrogen and oxygen atoms in total. The molecule has 2 aromatic heterocycles. The third-order valence-electron chi connectivity index (χ3n) is 6.33. The normalized spacial score (nSPS) is 15.7. The Bertz CT molecular complexity index is 1390. The number of imidazole rings is 1. The number of amides is 2. The highest BCUT2D eigenvalue weighted by Crippen LogP contribution is 2.28. The number of nitrogens with zero attached hydrogens (tertiary/aromatic N) is 5. The maximum atomic E-state index is 13.2. The summed E-state index contributed by atoms with van der Waals surface area (Å²) in [6, 6.07) is 18.8. The molecule has 10 heteroatoms. The summed E-state index contributed by atoms with van der Waals surface area (Å²) in [5, 5.41) is 4.26. The zero-order chi connectivity index (χ0) is 27.4. The molecular weight excluding hydrogens is 496 g/mol. The Labute approximate surface area is 227 Å². The second-order valence-electron chi connectivity index (χ2n) is 10.4. The quantitative estimate of drug-likeness (QED) is 0.382. The largest absolute Gasteiger partial charge is 0.445 e. The van der Waals surface area contributed by atoms with Crippen molar-refractivity contribution in [2.45, 2.75) is 39.0 Å². The maximum absolute atomic E-state index is 13.2. The van der Waals surface area contributed by atoms with Gasteiger partial charge in [0.2, 0.25) is 0 Å². The van der Waals surface area contributed by atoms with Crippen LogP contribution in [0.25, 0.3) is 16.9 Å². The molecule has 39 heavy (non-hydrogen) atoms. The first-order chi connectivity index (χ1) is 18.8. The van der Waals surface area contributed by atoms with E-state index in [1.54, 1.807) is 26.9 Å². The van der Waals surface area contributed by atoms with Gasteiger partial charge in [-0.1, -0.05) is 42.5 Å². The summed E-state index contributed by atoms with van der Waals surface area (Å²) >= 11 is 0. The minimum Gasteiger partial charge on any atom is -0.445 e. The number of carbonyl (C=O) groups is 2. The molecule has 1 aliphatic rings. The zero-order valence-corrected chi connectivity index (χ0v) is 22.3. The zero-order valence-electron chi connectivity index (χ0n) is 22.3. The van der Waals surface area contributed by atoms with E-state index in [0.717, 1.165) is 22.5 Å². The summed E-state index contributed by atoms with van der Waals surface area (Å²) in [4.78, 5) is 37.3. The van der Waals surface area contributed by atoms with E-state index in [-0.39, 0.29) is 19.7 Å². The topological polar surface area (TPSA) is 106 Å². The van der Waals surface area contributed by atoms with Crippen LogP contribution in [0.4, 0.5) is 9.59 Å². The highest BCUT2D eigenvalue weighted by atomic mass is 16.6. The van der Waals surface area contributed by atoms with Crippen molar-refractivity contribution in [1.29, 1.82) is 0 Å². The third kappa shape index (κ3) is 6.28. The predicted molar refractivity (Wildman–Crippen MR) is 145 cm³/mol. The molecule has 0 aliphatic carbocycles. The molecule has 0 saturated carbocycles. The van der Waals surface area contributed by atoms with Crippen LogP contribution in [0.1, 0.15) is 38.2 Å². The summed E-state index contributed by atoms with van der Waals surface area (Å²) < 4.78 is 13.0. The van der Waals surface area contributed by atoms with Gasteiger partial charge >= 0.3 is 12.2 Å². The van der Waals surface area contributed by atoms with Gasteiger partial charge in [-0.05, 0) is 50.1 Å². The van der Waals surface area contributed by atoms with Crippen molar-refractivity contribution < 1.29 is 19.1 Å². The third-order valence-corrected chi connectivity index (χ3v) is 6.33. The minimum absolute atomic E-state index is 0.157.